The van der Waals surface area contributed by atoms with Crippen LogP contribution in [0.4, 0.5) is 0 Å². The number of fused-ring (bicyclic) bond motifs is 1. The second kappa shape index (κ2) is 4.56. The van der Waals surface area contributed by atoms with E-state index < -0.39 is 0 Å². The molecule has 4 heteroatoms. The first-order valence-corrected chi connectivity index (χ1v) is 7.01. The van der Waals surface area contributed by atoms with Crippen LogP contribution in [-0.4, -0.2) is 37.7 Å². The normalized spacial score (nSPS) is 23.3. The first kappa shape index (κ1) is 11.0. The molecule has 1 fully saturated rings. The third-order valence-electron chi connectivity index (χ3n) is 2.71. The topological polar surface area (TPSA) is 15.6 Å². The number of rotatable bonds is 1. The summed E-state index contributed by atoms with van der Waals surface area (Å²) in [7, 11) is 0. The van der Waals surface area contributed by atoms with Gasteiger partial charge in [-0.15, -0.1) is 12.4 Å². The van der Waals surface area contributed by atoms with Gasteiger partial charge in [0.1, 0.15) is 0 Å². The van der Waals surface area contributed by atoms with Crippen LogP contribution in [0.1, 0.15) is 11.6 Å². The van der Waals surface area contributed by atoms with Crippen LogP contribution in [0.5, 0.6) is 0 Å². The van der Waals surface area contributed by atoms with Gasteiger partial charge in [0.05, 0.1) is 0 Å². The number of hydrogen-bond acceptors (Lipinski definition) is 2. The van der Waals surface area contributed by atoms with Crippen molar-refractivity contribution >= 4 is 32.1 Å². The molecule has 2 heterocycles. The van der Waals surface area contributed by atoms with E-state index in [2.05, 4.69) is 35.2 Å². The van der Waals surface area contributed by atoms with Crippen molar-refractivity contribution in [3.8, 4) is 0 Å². The summed E-state index contributed by atoms with van der Waals surface area (Å²) in [6.45, 7) is 2.35. The number of nitrogens with zero attached hydrogens (tertiary/aromatic N) is 2. The molecular weight excluding hydrogens is 275 g/mol. The molecule has 1 saturated heterocycles. The van der Waals surface area contributed by atoms with Crippen LogP contribution in [0.3, 0.4) is 0 Å². The molecule has 0 unspecified atom stereocenters. The van der Waals surface area contributed by atoms with Gasteiger partial charge in [0, 0.05) is 0 Å². The zero-order chi connectivity index (χ0) is 9.38. The number of benzene rings is 1. The van der Waals surface area contributed by atoms with E-state index in [9.17, 15) is 0 Å². The third-order valence-corrected chi connectivity index (χ3v) is 4.82. The van der Waals surface area contributed by atoms with Crippen LogP contribution in [0.25, 0.3) is 0 Å². The Bertz CT molecular complexity index is 366. The Kier molecular flexibility index (Phi) is 3.35. The fourth-order valence-corrected chi connectivity index (χ4v) is 4.15. The molecule has 3 rings (SSSR count). The predicted octanol–water partition coefficient (Wildman–Crippen LogP) is 1.96. The molecule has 1 aromatic carbocycles. The molecule has 0 saturated carbocycles. The van der Waals surface area contributed by atoms with Gasteiger partial charge in [-0.2, -0.15) is 0 Å². The zero-order valence-corrected chi connectivity index (χ0v) is 10.8. The number of aliphatic imine (C=N–C) groups is 1. The molecule has 15 heavy (non-hydrogen) atoms. The van der Waals surface area contributed by atoms with Crippen LogP contribution in [0.15, 0.2) is 35.3 Å². The maximum absolute atomic E-state index is 4.79. The molecule has 80 valence electrons. The van der Waals surface area contributed by atoms with Crippen LogP contribution in [0.2, 0.25) is 5.32 Å². The summed E-state index contributed by atoms with van der Waals surface area (Å²) in [4.78, 5) is 7.25. The second-order valence-electron chi connectivity index (χ2n) is 3.63. The monoisotopic (exact) mass is 288 g/mol. The van der Waals surface area contributed by atoms with E-state index in [-0.39, 0.29) is 12.4 Å². The number of hydrogen-bond donors (Lipinski definition) is 0. The van der Waals surface area contributed by atoms with Gasteiger partial charge in [-0.3, -0.25) is 0 Å². The van der Waals surface area contributed by atoms with Crippen molar-refractivity contribution in [2.75, 3.05) is 13.1 Å². The second-order valence-corrected chi connectivity index (χ2v) is 5.86. The van der Waals surface area contributed by atoms with Crippen LogP contribution >= 0.6 is 12.4 Å². The molecule has 2 nitrogen and oxygen atoms in total. The standard InChI is InChI=1S/C11H12N2Se.ClH/c1-2-4-9(5-3-1)10-8-13-6-7-14-11(13)12-10;/h1-5,10H,6-8H2;1H/t10-;/m1./s1. The molecule has 1 aromatic rings. The Morgan fingerprint density at radius 2 is 2.07 bits per heavy atom. The Balaban J connectivity index is 0.000000853. The molecule has 0 N–H and O–H groups in total. The maximum atomic E-state index is 4.79. The van der Waals surface area contributed by atoms with E-state index in [0.29, 0.717) is 21.0 Å². The minimum atomic E-state index is 0. The summed E-state index contributed by atoms with van der Waals surface area (Å²) in [5.74, 6) is 0. The van der Waals surface area contributed by atoms with Crippen molar-refractivity contribution in [3.05, 3.63) is 35.9 Å². The fraction of sp³-hybridized carbons (Fsp3) is 0.364. The van der Waals surface area contributed by atoms with E-state index in [1.807, 2.05) is 0 Å². The number of amidine groups is 1. The van der Waals surface area contributed by atoms with E-state index in [1.165, 1.54) is 22.2 Å². The first-order chi connectivity index (χ1) is 6.93. The fourth-order valence-electron chi connectivity index (χ4n) is 1.96. The van der Waals surface area contributed by atoms with E-state index in [4.69, 9.17) is 4.99 Å². The van der Waals surface area contributed by atoms with Crippen LogP contribution in [-0.2, 0) is 0 Å². The van der Waals surface area contributed by atoms with Gasteiger partial charge < -0.3 is 0 Å². The minimum absolute atomic E-state index is 0. The van der Waals surface area contributed by atoms with Crippen LogP contribution in [0, 0.1) is 0 Å². The Morgan fingerprint density at radius 1 is 1.27 bits per heavy atom. The van der Waals surface area contributed by atoms with Crippen molar-refractivity contribution in [3.63, 3.8) is 0 Å². The third kappa shape index (κ3) is 2.05. The first-order valence-electron chi connectivity index (χ1n) is 4.94. The Hall–Kier alpha value is -0.501. The summed E-state index contributed by atoms with van der Waals surface area (Å²) >= 11 is 0.656. The van der Waals surface area contributed by atoms with Gasteiger partial charge in [0.25, 0.3) is 0 Å². The molecule has 1 atom stereocenters. The molecular formula is C11H13ClN2Se. The SMILES string of the molecule is Cl.c1ccc([C@H]2CN3CC[Se]C3=N2)cc1. The average Bonchev–Trinajstić information content (AvgIpc) is 2.78. The van der Waals surface area contributed by atoms with Gasteiger partial charge >= 0.3 is 89.9 Å². The quantitative estimate of drug-likeness (QED) is 0.721. The zero-order valence-electron chi connectivity index (χ0n) is 8.30. The summed E-state index contributed by atoms with van der Waals surface area (Å²) in [6.07, 6.45) is 0. The van der Waals surface area contributed by atoms with Gasteiger partial charge in [-0.05, 0) is 0 Å². The van der Waals surface area contributed by atoms with Crippen molar-refractivity contribution in [2.24, 2.45) is 4.99 Å². The van der Waals surface area contributed by atoms with Crippen molar-refractivity contribution in [1.82, 2.24) is 4.90 Å². The Labute approximate surface area is 102 Å². The van der Waals surface area contributed by atoms with E-state index in [1.54, 1.807) is 0 Å². The van der Waals surface area contributed by atoms with E-state index in [0.717, 1.165) is 6.54 Å². The van der Waals surface area contributed by atoms with Gasteiger partial charge in [0.2, 0.25) is 0 Å². The predicted molar refractivity (Wildman–Crippen MR) is 66.0 cm³/mol. The average molecular weight is 288 g/mol. The molecule has 0 bridgehead atoms. The van der Waals surface area contributed by atoms with Crippen molar-refractivity contribution in [2.45, 2.75) is 11.4 Å². The van der Waals surface area contributed by atoms with Gasteiger partial charge in [0.15, 0.2) is 0 Å². The summed E-state index contributed by atoms with van der Waals surface area (Å²) in [6, 6.07) is 11.0. The van der Waals surface area contributed by atoms with Crippen LogP contribution < -0.4 is 0 Å². The van der Waals surface area contributed by atoms with Gasteiger partial charge in [-0.25, -0.2) is 0 Å². The summed E-state index contributed by atoms with van der Waals surface area (Å²) in [5.41, 5.74) is 1.37. The Morgan fingerprint density at radius 3 is 2.80 bits per heavy atom. The molecule has 0 radical (unpaired) electrons. The molecule has 2 aliphatic heterocycles. The molecule has 2 aliphatic rings. The molecule has 0 spiro atoms. The van der Waals surface area contributed by atoms with Crippen molar-refractivity contribution in [1.29, 1.82) is 0 Å². The van der Waals surface area contributed by atoms with Crippen molar-refractivity contribution < 1.29 is 0 Å². The molecule has 0 aromatic heterocycles. The van der Waals surface area contributed by atoms with Gasteiger partial charge in [-0.1, -0.05) is 0 Å². The molecule has 0 aliphatic carbocycles. The summed E-state index contributed by atoms with van der Waals surface area (Å²) < 4.78 is 1.39. The summed E-state index contributed by atoms with van der Waals surface area (Å²) in [5, 5.41) is 1.35. The molecule has 0 amide bonds. The van der Waals surface area contributed by atoms with E-state index >= 15 is 0 Å². The number of halogens is 1.